The molecule has 0 aliphatic rings. The number of benzene rings is 1. The molecule has 2 atom stereocenters. The first-order valence-corrected chi connectivity index (χ1v) is 6.67. The van der Waals surface area contributed by atoms with Gasteiger partial charge in [0.2, 0.25) is 0 Å². The monoisotopic (exact) mass is 235 g/mol. The number of hydrogen-bond acceptors (Lipinski definition) is 2. The zero-order chi connectivity index (χ0) is 12.5. The SMILES string of the molecule is CCCC(CCc1ccccc1)NC(C)CO. The summed E-state index contributed by atoms with van der Waals surface area (Å²) in [4.78, 5) is 0. The van der Waals surface area contributed by atoms with E-state index in [4.69, 9.17) is 5.11 Å². The van der Waals surface area contributed by atoms with Crippen molar-refractivity contribution in [2.24, 2.45) is 0 Å². The molecule has 0 saturated heterocycles. The van der Waals surface area contributed by atoms with Gasteiger partial charge in [-0.05, 0) is 31.7 Å². The van der Waals surface area contributed by atoms with Crippen molar-refractivity contribution in [2.45, 2.75) is 51.6 Å². The molecule has 2 unspecified atom stereocenters. The van der Waals surface area contributed by atoms with Gasteiger partial charge >= 0.3 is 0 Å². The van der Waals surface area contributed by atoms with Gasteiger partial charge in [0.15, 0.2) is 0 Å². The van der Waals surface area contributed by atoms with E-state index in [0.29, 0.717) is 6.04 Å². The Hall–Kier alpha value is -0.860. The van der Waals surface area contributed by atoms with Crippen LogP contribution in [0.25, 0.3) is 0 Å². The fraction of sp³-hybridized carbons (Fsp3) is 0.600. The highest BCUT2D eigenvalue weighted by atomic mass is 16.3. The van der Waals surface area contributed by atoms with Gasteiger partial charge < -0.3 is 10.4 Å². The Morgan fingerprint density at radius 1 is 1.18 bits per heavy atom. The lowest BCUT2D eigenvalue weighted by molar-refractivity contribution is 0.235. The highest BCUT2D eigenvalue weighted by Gasteiger charge is 2.10. The van der Waals surface area contributed by atoms with Crippen molar-refractivity contribution in [3.8, 4) is 0 Å². The minimum Gasteiger partial charge on any atom is -0.395 e. The molecule has 1 aromatic carbocycles. The topological polar surface area (TPSA) is 32.3 Å². The van der Waals surface area contributed by atoms with E-state index in [2.05, 4.69) is 42.6 Å². The molecule has 0 amide bonds. The fourth-order valence-corrected chi connectivity index (χ4v) is 2.10. The summed E-state index contributed by atoms with van der Waals surface area (Å²) >= 11 is 0. The summed E-state index contributed by atoms with van der Waals surface area (Å²) in [6.45, 7) is 4.46. The smallest absolute Gasteiger partial charge is 0.0582 e. The third-order valence-electron chi connectivity index (χ3n) is 3.06. The fourth-order valence-electron chi connectivity index (χ4n) is 2.10. The summed E-state index contributed by atoms with van der Waals surface area (Å²) < 4.78 is 0. The Labute approximate surface area is 105 Å². The number of aryl methyl sites for hydroxylation is 1. The molecule has 0 bridgehead atoms. The second kappa shape index (κ2) is 8.26. The van der Waals surface area contributed by atoms with Crippen molar-refractivity contribution in [2.75, 3.05) is 6.61 Å². The van der Waals surface area contributed by atoms with Crippen LogP contribution in [0.15, 0.2) is 30.3 Å². The summed E-state index contributed by atoms with van der Waals surface area (Å²) in [6.07, 6.45) is 4.61. The lowest BCUT2D eigenvalue weighted by Crippen LogP contribution is -2.38. The first-order valence-electron chi connectivity index (χ1n) is 6.67. The van der Waals surface area contributed by atoms with E-state index in [-0.39, 0.29) is 12.6 Å². The highest BCUT2D eigenvalue weighted by molar-refractivity contribution is 5.14. The van der Waals surface area contributed by atoms with Crippen molar-refractivity contribution in [1.29, 1.82) is 0 Å². The Bertz CT molecular complexity index is 286. The van der Waals surface area contributed by atoms with E-state index in [1.165, 1.54) is 18.4 Å². The number of aliphatic hydroxyl groups excluding tert-OH is 1. The van der Waals surface area contributed by atoms with Gasteiger partial charge in [-0.15, -0.1) is 0 Å². The van der Waals surface area contributed by atoms with Gasteiger partial charge in [0, 0.05) is 12.1 Å². The average Bonchev–Trinajstić information content (AvgIpc) is 2.37. The predicted molar refractivity (Wildman–Crippen MR) is 73.1 cm³/mol. The van der Waals surface area contributed by atoms with Crippen LogP contribution in [0.5, 0.6) is 0 Å². The molecule has 17 heavy (non-hydrogen) atoms. The summed E-state index contributed by atoms with van der Waals surface area (Å²) in [5, 5.41) is 12.6. The van der Waals surface area contributed by atoms with Crippen molar-refractivity contribution in [1.82, 2.24) is 5.32 Å². The maximum atomic E-state index is 9.07. The summed E-state index contributed by atoms with van der Waals surface area (Å²) in [5.41, 5.74) is 1.40. The molecule has 0 radical (unpaired) electrons. The Balaban J connectivity index is 2.38. The van der Waals surface area contributed by atoms with Gasteiger partial charge in [-0.25, -0.2) is 0 Å². The minimum absolute atomic E-state index is 0.197. The van der Waals surface area contributed by atoms with Crippen LogP contribution >= 0.6 is 0 Å². The maximum Gasteiger partial charge on any atom is 0.0582 e. The van der Waals surface area contributed by atoms with E-state index in [1.807, 2.05) is 6.92 Å². The van der Waals surface area contributed by atoms with Crippen molar-refractivity contribution < 1.29 is 5.11 Å². The van der Waals surface area contributed by atoms with E-state index in [9.17, 15) is 0 Å². The van der Waals surface area contributed by atoms with E-state index >= 15 is 0 Å². The highest BCUT2D eigenvalue weighted by Crippen LogP contribution is 2.09. The van der Waals surface area contributed by atoms with Crippen LogP contribution < -0.4 is 5.32 Å². The number of nitrogens with one attached hydrogen (secondary N) is 1. The second-order valence-electron chi connectivity index (χ2n) is 4.76. The summed E-state index contributed by atoms with van der Waals surface area (Å²) in [5.74, 6) is 0. The largest absolute Gasteiger partial charge is 0.395 e. The zero-order valence-electron chi connectivity index (χ0n) is 11.0. The van der Waals surface area contributed by atoms with Gasteiger partial charge in [-0.1, -0.05) is 43.7 Å². The molecule has 2 heteroatoms. The molecule has 0 fully saturated rings. The molecular weight excluding hydrogens is 210 g/mol. The average molecular weight is 235 g/mol. The van der Waals surface area contributed by atoms with Gasteiger partial charge in [0.05, 0.1) is 6.61 Å². The van der Waals surface area contributed by atoms with Gasteiger partial charge in [-0.3, -0.25) is 0 Å². The van der Waals surface area contributed by atoms with Crippen molar-refractivity contribution in [3.63, 3.8) is 0 Å². The lowest BCUT2D eigenvalue weighted by atomic mass is 10.0. The van der Waals surface area contributed by atoms with Gasteiger partial charge in [0.1, 0.15) is 0 Å². The van der Waals surface area contributed by atoms with Crippen LogP contribution in [0, 0.1) is 0 Å². The van der Waals surface area contributed by atoms with Crippen LogP contribution in [0.2, 0.25) is 0 Å². The number of hydrogen-bond donors (Lipinski definition) is 2. The van der Waals surface area contributed by atoms with Gasteiger partial charge in [0.25, 0.3) is 0 Å². The summed E-state index contributed by atoms with van der Waals surface area (Å²) in [6, 6.07) is 11.3. The Morgan fingerprint density at radius 2 is 1.88 bits per heavy atom. The zero-order valence-corrected chi connectivity index (χ0v) is 11.0. The molecule has 1 rings (SSSR count). The quantitative estimate of drug-likeness (QED) is 0.726. The molecule has 0 aliphatic carbocycles. The van der Waals surface area contributed by atoms with E-state index in [0.717, 1.165) is 12.8 Å². The van der Waals surface area contributed by atoms with Crippen LogP contribution in [-0.2, 0) is 6.42 Å². The van der Waals surface area contributed by atoms with Crippen LogP contribution in [0.1, 0.15) is 38.7 Å². The number of aliphatic hydroxyl groups is 1. The molecule has 0 spiro atoms. The molecule has 0 aliphatic heterocycles. The third kappa shape index (κ3) is 5.85. The maximum absolute atomic E-state index is 9.07. The Kier molecular flexibility index (Phi) is 6.90. The molecule has 96 valence electrons. The first-order chi connectivity index (χ1) is 8.26. The van der Waals surface area contributed by atoms with Crippen molar-refractivity contribution >= 4 is 0 Å². The standard InChI is InChI=1S/C15H25NO/c1-3-7-15(16-13(2)12-17)11-10-14-8-5-4-6-9-14/h4-6,8-9,13,15-17H,3,7,10-12H2,1-2H3. The molecule has 0 saturated carbocycles. The minimum atomic E-state index is 0.197. The van der Waals surface area contributed by atoms with Gasteiger partial charge in [-0.2, -0.15) is 0 Å². The first kappa shape index (κ1) is 14.2. The van der Waals surface area contributed by atoms with E-state index in [1.54, 1.807) is 0 Å². The summed E-state index contributed by atoms with van der Waals surface area (Å²) in [7, 11) is 0. The van der Waals surface area contributed by atoms with E-state index < -0.39 is 0 Å². The molecular formula is C15H25NO. The predicted octanol–water partition coefficient (Wildman–Crippen LogP) is 2.76. The molecule has 1 aromatic rings. The third-order valence-corrected chi connectivity index (χ3v) is 3.06. The molecule has 0 aromatic heterocycles. The number of rotatable bonds is 8. The normalized spacial score (nSPS) is 14.5. The van der Waals surface area contributed by atoms with Crippen LogP contribution in [0.4, 0.5) is 0 Å². The van der Waals surface area contributed by atoms with Crippen LogP contribution in [-0.4, -0.2) is 23.8 Å². The second-order valence-corrected chi connectivity index (χ2v) is 4.76. The molecule has 0 heterocycles. The van der Waals surface area contributed by atoms with Crippen molar-refractivity contribution in [3.05, 3.63) is 35.9 Å². The molecule has 2 N–H and O–H groups in total. The van der Waals surface area contributed by atoms with Crippen LogP contribution in [0.3, 0.4) is 0 Å². The molecule has 2 nitrogen and oxygen atoms in total. The Morgan fingerprint density at radius 3 is 2.47 bits per heavy atom. The lowest BCUT2D eigenvalue weighted by Gasteiger charge is -2.22.